The summed E-state index contributed by atoms with van der Waals surface area (Å²) >= 11 is 0. The summed E-state index contributed by atoms with van der Waals surface area (Å²) in [5.41, 5.74) is -7.70. The highest BCUT2D eigenvalue weighted by atomic mass is 19.4. The zero-order valence-electron chi connectivity index (χ0n) is 15.4. The number of fused-ring (bicyclic) bond motifs is 1. The third-order valence-electron chi connectivity index (χ3n) is 5.33. The molecule has 33 heavy (non-hydrogen) atoms. The maximum atomic E-state index is 14.1. The number of aliphatic hydroxyl groups is 1. The number of allylic oxidation sites excluding steroid dienone is 1. The van der Waals surface area contributed by atoms with E-state index in [-0.39, 0.29) is 10.8 Å². The Labute approximate surface area is 175 Å². The van der Waals surface area contributed by atoms with E-state index in [0.717, 1.165) is 12.1 Å². The van der Waals surface area contributed by atoms with Gasteiger partial charge in [0, 0.05) is 17.0 Å². The molecule has 3 rings (SSSR count). The second-order valence-electron chi connectivity index (χ2n) is 7.08. The Morgan fingerprint density at radius 2 is 1.21 bits per heavy atom. The Balaban J connectivity index is 2.32. The van der Waals surface area contributed by atoms with E-state index < -0.39 is 64.3 Å². The minimum Gasteiger partial charge on any atom is -0.507 e. The van der Waals surface area contributed by atoms with E-state index in [1.54, 1.807) is 0 Å². The van der Waals surface area contributed by atoms with Crippen LogP contribution >= 0.6 is 0 Å². The van der Waals surface area contributed by atoms with E-state index >= 15 is 0 Å². The summed E-state index contributed by atoms with van der Waals surface area (Å²) in [6.07, 6.45) is -8.28. The molecule has 0 unspecified atom stereocenters. The van der Waals surface area contributed by atoms with E-state index in [9.17, 15) is 62.6 Å². The summed E-state index contributed by atoms with van der Waals surface area (Å²) in [5.74, 6) is -35.7. The van der Waals surface area contributed by atoms with Crippen LogP contribution < -0.4 is 0 Å². The third-order valence-corrected chi connectivity index (χ3v) is 5.33. The first kappa shape index (κ1) is 24.7. The Morgan fingerprint density at radius 3 is 1.67 bits per heavy atom. The van der Waals surface area contributed by atoms with E-state index in [1.807, 2.05) is 0 Å². The van der Waals surface area contributed by atoms with Gasteiger partial charge >= 0.3 is 29.9 Å². The van der Waals surface area contributed by atoms with Crippen molar-refractivity contribution in [2.45, 2.75) is 29.9 Å². The van der Waals surface area contributed by atoms with Crippen LogP contribution in [0.25, 0.3) is 16.5 Å². The standard InChI is InChI=1S/C19H8F12O2/c20-11-6-5-10(8-3-1-2-4-9(8)11)12(32)7-13(33)14(19(29,30)31)15(21,22)17(25,26)18(27,28)16(14,23)24/h1-7,32H/b12-7-. The Hall–Kier alpha value is -2.93. The van der Waals surface area contributed by atoms with E-state index in [0.29, 0.717) is 12.1 Å². The van der Waals surface area contributed by atoms with Gasteiger partial charge in [0.1, 0.15) is 11.6 Å². The first-order valence-electron chi connectivity index (χ1n) is 8.51. The number of alkyl halides is 11. The zero-order chi connectivity index (χ0) is 25.4. The summed E-state index contributed by atoms with van der Waals surface area (Å²) in [5, 5.41) is 9.32. The van der Waals surface area contributed by atoms with Crippen molar-refractivity contribution >= 4 is 22.3 Å². The molecule has 0 aliphatic heterocycles. The van der Waals surface area contributed by atoms with Crippen molar-refractivity contribution in [3.8, 4) is 0 Å². The molecule has 180 valence electrons. The van der Waals surface area contributed by atoms with E-state index in [1.165, 1.54) is 12.1 Å². The number of aliphatic hydroxyl groups excluding tert-OH is 1. The minimum absolute atomic E-state index is 0.331. The van der Waals surface area contributed by atoms with E-state index in [2.05, 4.69) is 0 Å². The van der Waals surface area contributed by atoms with Crippen LogP contribution in [-0.2, 0) is 4.79 Å². The maximum absolute atomic E-state index is 14.1. The number of carbonyl (C=O) groups excluding carboxylic acids is 1. The van der Waals surface area contributed by atoms with Gasteiger partial charge in [-0.15, -0.1) is 0 Å². The largest absolute Gasteiger partial charge is 0.507 e. The molecule has 0 saturated heterocycles. The summed E-state index contributed by atoms with van der Waals surface area (Å²) < 4.78 is 165. The van der Waals surface area contributed by atoms with Gasteiger partial charge in [-0.2, -0.15) is 48.3 Å². The Kier molecular flexibility index (Phi) is 5.09. The first-order valence-corrected chi connectivity index (χ1v) is 8.51. The highest BCUT2D eigenvalue weighted by Crippen LogP contribution is 2.75. The Bertz CT molecular complexity index is 1140. The quantitative estimate of drug-likeness (QED) is 0.297. The molecule has 1 aliphatic carbocycles. The smallest absolute Gasteiger partial charge is 0.414 e. The lowest BCUT2D eigenvalue weighted by molar-refractivity contribution is -0.341. The van der Waals surface area contributed by atoms with Crippen molar-refractivity contribution in [2.75, 3.05) is 0 Å². The van der Waals surface area contributed by atoms with Crippen LogP contribution in [0.15, 0.2) is 42.5 Å². The lowest BCUT2D eigenvalue weighted by Crippen LogP contribution is -2.64. The molecule has 1 aliphatic rings. The summed E-state index contributed by atoms with van der Waals surface area (Å²) in [6.45, 7) is 0. The molecule has 0 radical (unpaired) electrons. The predicted octanol–water partition coefficient (Wildman–Crippen LogP) is 6.55. The van der Waals surface area contributed by atoms with Crippen molar-refractivity contribution in [1.29, 1.82) is 0 Å². The van der Waals surface area contributed by atoms with Gasteiger partial charge in [-0.1, -0.05) is 24.3 Å². The normalized spacial score (nSPS) is 23.0. The van der Waals surface area contributed by atoms with E-state index in [4.69, 9.17) is 0 Å². The van der Waals surface area contributed by atoms with Gasteiger partial charge in [0.15, 0.2) is 5.78 Å². The fraction of sp³-hybridized carbons (Fsp3) is 0.316. The number of hydrogen-bond acceptors (Lipinski definition) is 2. The number of rotatable bonds is 3. The molecule has 0 atom stereocenters. The molecule has 2 nitrogen and oxygen atoms in total. The second kappa shape index (κ2) is 6.79. The highest BCUT2D eigenvalue weighted by molar-refractivity contribution is 6.04. The van der Waals surface area contributed by atoms with Crippen LogP contribution in [0.4, 0.5) is 52.7 Å². The molecule has 2 aromatic rings. The lowest BCUT2D eigenvalue weighted by Gasteiger charge is -2.37. The van der Waals surface area contributed by atoms with Gasteiger partial charge in [0.25, 0.3) is 5.41 Å². The molecule has 1 N–H and O–H groups in total. The number of ketones is 1. The van der Waals surface area contributed by atoms with Gasteiger partial charge in [0.05, 0.1) is 0 Å². The molecule has 0 spiro atoms. The number of halogens is 12. The van der Waals surface area contributed by atoms with Crippen molar-refractivity contribution in [3.63, 3.8) is 0 Å². The van der Waals surface area contributed by atoms with Gasteiger partial charge in [-0.25, -0.2) is 4.39 Å². The maximum Gasteiger partial charge on any atom is 0.414 e. The summed E-state index contributed by atoms with van der Waals surface area (Å²) in [6, 6.07) is 5.73. The van der Waals surface area contributed by atoms with Gasteiger partial charge in [0.2, 0.25) is 0 Å². The Morgan fingerprint density at radius 1 is 0.758 bits per heavy atom. The fourth-order valence-corrected chi connectivity index (χ4v) is 3.66. The molecule has 0 heterocycles. The molecular formula is C19H8F12O2. The SMILES string of the molecule is O=C(/C=C(\O)c1ccc(F)c2ccccc12)C1(C(F)(F)F)C(F)(F)C(F)(F)C(F)(F)C1(F)F. The number of hydrogen-bond donors (Lipinski definition) is 1. The zero-order valence-corrected chi connectivity index (χ0v) is 15.4. The van der Waals surface area contributed by atoms with Crippen LogP contribution in [0.5, 0.6) is 0 Å². The first-order chi connectivity index (χ1) is 14.8. The molecular weight excluding hydrogens is 488 g/mol. The van der Waals surface area contributed by atoms with Crippen molar-refractivity contribution in [1.82, 2.24) is 0 Å². The average Bonchev–Trinajstić information content (AvgIpc) is 2.72. The van der Waals surface area contributed by atoms with Crippen LogP contribution in [-0.4, -0.2) is 40.8 Å². The molecule has 0 amide bonds. The molecule has 14 heteroatoms. The summed E-state index contributed by atoms with van der Waals surface area (Å²) in [4.78, 5) is 12.2. The van der Waals surface area contributed by atoms with Gasteiger partial charge in [-0.3, -0.25) is 4.79 Å². The van der Waals surface area contributed by atoms with Crippen LogP contribution in [0.2, 0.25) is 0 Å². The van der Waals surface area contributed by atoms with Crippen molar-refractivity contribution < 1.29 is 62.6 Å². The van der Waals surface area contributed by atoms with Gasteiger partial charge < -0.3 is 5.11 Å². The molecule has 0 aromatic heterocycles. The molecule has 1 saturated carbocycles. The highest BCUT2D eigenvalue weighted by Gasteiger charge is 3.06. The fourth-order valence-electron chi connectivity index (χ4n) is 3.66. The molecule has 2 aromatic carbocycles. The topological polar surface area (TPSA) is 37.3 Å². The van der Waals surface area contributed by atoms with Gasteiger partial charge in [-0.05, 0) is 17.5 Å². The number of benzene rings is 2. The average molecular weight is 496 g/mol. The van der Waals surface area contributed by atoms with Crippen LogP contribution in [0.3, 0.4) is 0 Å². The monoisotopic (exact) mass is 496 g/mol. The lowest BCUT2D eigenvalue weighted by atomic mass is 9.74. The van der Waals surface area contributed by atoms with Crippen LogP contribution in [0, 0.1) is 11.2 Å². The third kappa shape index (κ3) is 2.69. The second-order valence-corrected chi connectivity index (χ2v) is 7.08. The number of carbonyl (C=O) groups is 1. The van der Waals surface area contributed by atoms with Crippen molar-refractivity contribution in [2.24, 2.45) is 5.41 Å². The van der Waals surface area contributed by atoms with Crippen molar-refractivity contribution in [3.05, 3.63) is 53.9 Å². The predicted molar refractivity (Wildman–Crippen MR) is 87.8 cm³/mol. The minimum atomic E-state index is -7.35. The molecule has 0 bridgehead atoms. The van der Waals surface area contributed by atoms with Crippen LogP contribution in [0.1, 0.15) is 5.56 Å². The molecule has 1 fully saturated rings. The summed E-state index contributed by atoms with van der Waals surface area (Å²) in [7, 11) is 0.